The topological polar surface area (TPSA) is 44.8 Å². The van der Waals surface area contributed by atoms with Gasteiger partial charge in [0.25, 0.3) is 0 Å². The Bertz CT molecular complexity index is 778. The lowest BCUT2D eigenvalue weighted by atomic mass is 10.1. The predicted octanol–water partition coefficient (Wildman–Crippen LogP) is 2.79. The van der Waals surface area contributed by atoms with E-state index in [0.29, 0.717) is 12.4 Å². The molecule has 154 valence electrons. The molecule has 1 N–H and O–H groups in total. The number of hydrogen-bond donors (Lipinski definition) is 1. The fourth-order valence-corrected chi connectivity index (χ4v) is 5.04. The molecule has 5 nitrogen and oxygen atoms in total. The molecule has 2 fully saturated rings. The molecule has 0 spiro atoms. The van der Waals surface area contributed by atoms with Crippen LogP contribution < -0.4 is 10.1 Å². The van der Waals surface area contributed by atoms with Gasteiger partial charge in [0.1, 0.15) is 17.7 Å². The summed E-state index contributed by atoms with van der Waals surface area (Å²) >= 11 is 1.71. The molecule has 2 aromatic carbocycles. The number of piperazine rings is 1. The number of nitrogens with one attached hydrogen (secondary N) is 1. The predicted molar refractivity (Wildman–Crippen MR) is 118 cm³/mol. The van der Waals surface area contributed by atoms with Crippen molar-refractivity contribution >= 4 is 17.7 Å². The van der Waals surface area contributed by atoms with Crippen molar-refractivity contribution in [3.05, 3.63) is 65.7 Å². The van der Waals surface area contributed by atoms with Gasteiger partial charge in [-0.25, -0.2) is 0 Å². The first kappa shape index (κ1) is 20.3. The van der Waals surface area contributed by atoms with E-state index < -0.39 is 0 Å². The summed E-state index contributed by atoms with van der Waals surface area (Å²) in [7, 11) is 0. The Balaban J connectivity index is 1.30. The zero-order chi connectivity index (χ0) is 19.9. The molecular weight excluding hydrogens is 382 g/mol. The van der Waals surface area contributed by atoms with Crippen LogP contribution in [0.2, 0.25) is 0 Å². The number of ether oxygens (including phenoxy) is 1. The van der Waals surface area contributed by atoms with Crippen LogP contribution in [-0.2, 0) is 11.2 Å². The summed E-state index contributed by atoms with van der Waals surface area (Å²) < 4.78 is 5.93. The number of thioether (sulfide) groups is 1. The molecule has 1 atom stereocenters. The Labute approximate surface area is 177 Å². The van der Waals surface area contributed by atoms with Crippen LogP contribution in [0.5, 0.6) is 5.75 Å². The Morgan fingerprint density at radius 1 is 1.00 bits per heavy atom. The molecule has 0 radical (unpaired) electrons. The number of benzene rings is 2. The van der Waals surface area contributed by atoms with Crippen LogP contribution in [0, 0.1) is 0 Å². The maximum atomic E-state index is 12.4. The van der Waals surface area contributed by atoms with Gasteiger partial charge in [-0.15, -0.1) is 11.8 Å². The average molecular weight is 412 g/mol. The third-order valence-corrected chi connectivity index (χ3v) is 6.76. The van der Waals surface area contributed by atoms with Crippen molar-refractivity contribution in [3.63, 3.8) is 0 Å². The Morgan fingerprint density at radius 3 is 2.52 bits per heavy atom. The SMILES string of the molecule is O=C1CSC(c2ccc(OCCN3CCNCC3)cc2)N1CCc1ccccc1. The second kappa shape index (κ2) is 10.1. The smallest absolute Gasteiger partial charge is 0.233 e. The van der Waals surface area contributed by atoms with Gasteiger partial charge in [-0.1, -0.05) is 42.5 Å². The molecule has 2 saturated heterocycles. The molecule has 0 aliphatic carbocycles. The van der Waals surface area contributed by atoms with E-state index in [2.05, 4.69) is 34.5 Å². The number of carbonyl (C=O) groups is 1. The molecule has 6 heteroatoms. The van der Waals surface area contributed by atoms with E-state index in [1.165, 1.54) is 11.1 Å². The molecule has 2 heterocycles. The van der Waals surface area contributed by atoms with Gasteiger partial charge in [0.05, 0.1) is 5.75 Å². The normalized spacial score (nSPS) is 20.2. The van der Waals surface area contributed by atoms with Crippen LogP contribution in [0.3, 0.4) is 0 Å². The number of rotatable bonds is 8. The van der Waals surface area contributed by atoms with Gasteiger partial charge in [0, 0.05) is 39.3 Å². The van der Waals surface area contributed by atoms with Crippen LogP contribution in [-0.4, -0.2) is 67.3 Å². The lowest BCUT2D eigenvalue weighted by molar-refractivity contribution is -0.128. The first-order chi connectivity index (χ1) is 14.3. The summed E-state index contributed by atoms with van der Waals surface area (Å²) in [6, 6.07) is 18.6. The van der Waals surface area contributed by atoms with Crippen molar-refractivity contribution in [1.82, 2.24) is 15.1 Å². The van der Waals surface area contributed by atoms with Gasteiger partial charge in [-0.3, -0.25) is 9.69 Å². The highest BCUT2D eigenvalue weighted by Crippen LogP contribution is 2.39. The van der Waals surface area contributed by atoms with Crippen LogP contribution in [0.15, 0.2) is 54.6 Å². The van der Waals surface area contributed by atoms with Crippen LogP contribution >= 0.6 is 11.8 Å². The van der Waals surface area contributed by atoms with Gasteiger partial charge in [0.15, 0.2) is 0 Å². The van der Waals surface area contributed by atoms with Crippen molar-refractivity contribution < 1.29 is 9.53 Å². The van der Waals surface area contributed by atoms with E-state index in [9.17, 15) is 4.79 Å². The highest BCUT2D eigenvalue weighted by Gasteiger charge is 2.32. The summed E-state index contributed by atoms with van der Waals surface area (Å²) in [5.74, 6) is 1.68. The van der Waals surface area contributed by atoms with Crippen molar-refractivity contribution in [2.24, 2.45) is 0 Å². The summed E-state index contributed by atoms with van der Waals surface area (Å²) in [5.41, 5.74) is 2.44. The maximum Gasteiger partial charge on any atom is 0.233 e. The van der Waals surface area contributed by atoms with E-state index >= 15 is 0 Å². The fourth-order valence-electron chi connectivity index (χ4n) is 3.82. The van der Waals surface area contributed by atoms with Crippen molar-refractivity contribution in [2.45, 2.75) is 11.8 Å². The van der Waals surface area contributed by atoms with E-state index in [-0.39, 0.29) is 11.3 Å². The van der Waals surface area contributed by atoms with Crippen LogP contribution in [0.1, 0.15) is 16.5 Å². The molecule has 0 aromatic heterocycles. The van der Waals surface area contributed by atoms with Gasteiger partial charge in [-0.2, -0.15) is 0 Å². The van der Waals surface area contributed by atoms with E-state index in [1.807, 2.05) is 35.2 Å². The fraction of sp³-hybridized carbons (Fsp3) is 0.435. The maximum absolute atomic E-state index is 12.4. The van der Waals surface area contributed by atoms with Gasteiger partial charge in [0.2, 0.25) is 5.91 Å². The molecule has 0 bridgehead atoms. The van der Waals surface area contributed by atoms with Crippen LogP contribution in [0.4, 0.5) is 0 Å². The van der Waals surface area contributed by atoms with Crippen molar-refractivity contribution in [1.29, 1.82) is 0 Å². The standard InChI is InChI=1S/C23H29N3O2S/c27-22-18-29-23(26(22)13-10-19-4-2-1-3-5-19)20-6-8-21(9-7-20)28-17-16-25-14-11-24-12-15-25/h1-9,23-24H,10-18H2. The van der Waals surface area contributed by atoms with Crippen LogP contribution in [0.25, 0.3) is 0 Å². The number of carbonyl (C=O) groups excluding carboxylic acids is 1. The van der Waals surface area contributed by atoms with E-state index in [0.717, 1.165) is 51.4 Å². The third-order valence-electron chi connectivity index (χ3n) is 5.50. The molecule has 1 unspecified atom stereocenters. The Morgan fingerprint density at radius 2 is 1.76 bits per heavy atom. The summed E-state index contributed by atoms with van der Waals surface area (Å²) in [6.45, 7) is 6.73. The molecule has 29 heavy (non-hydrogen) atoms. The zero-order valence-electron chi connectivity index (χ0n) is 16.8. The summed E-state index contributed by atoms with van der Waals surface area (Å²) in [4.78, 5) is 16.8. The molecule has 4 rings (SSSR count). The summed E-state index contributed by atoms with van der Waals surface area (Å²) in [6.07, 6.45) is 0.886. The number of amides is 1. The zero-order valence-corrected chi connectivity index (χ0v) is 17.6. The minimum Gasteiger partial charge on any atom is -0.492 e. The molecule has 0 saturated carbocycles. The first-order valence-electron chi connectivity index (χ1n) is 10.4. The van der Waals surface area contributed by atoms with Crippen molar-refractivity contribution in [3.8, 4) is 5.75 Å². The second-order valence-corrected chi connectivity index (χ2v) is 8.56. The molecule has 2 aliphatic rings. The second-order valence-electron chi connectivity index (χ2n) is 7.50. The summed E-state index contributed by atoms with van der Waals surface area (Å²) in [5, 5.41) is 3.47. The molecule has 2 aliphatic heterocycles. The lowest BCUT2D eigenvalue weighted by Gasteiger charge is -2.27. The monoisotopic (exact) mass is 411 g/mol. The quantitative estimate of drug-likeness (QED) is 0.724. The highest BCUT2D eigenvalue weighted by atomic mass is 32.2. The number of hydrogen-bond acceptors (Lipinski definition) is 5. The lowest BCUT2D eigenvalue weighted by Crippen LogP contribution is -2.44. The molecule has 1 amide bonds. The Kier molecular flexibility index (Phi) is 7.09. The van der Waals surface area contributed by atoms with E-state index in [1.54, 1.807) is 11.8 Å². The molecule has 2 aromatic rings. The minimum absolute atomic E-state index is 0.0983. The largest absolute Gasteiger partial charge is 0.492 e. The molecular formula is C23H29N3O2S. The van der Waals surface area contributed by atoms with Gasteiger partial charge >= 0.3 is 0 Å². The third kappa shape index (κ3) is 5.53. The van der Waals surface area contributed by atoms with Gasteiger partial charge < -0.3 is 15.0 Å². The van der Waals surface area contributed by atoms with E-state index in [4.69, 9.17) is 4.74 Å². The van der Waals surface area contributed by atoms with Gasteiger partial charge in [-0.05, 0) is 29.7 Å². The number of nitrogens with zero attached hydrogens (tertiary/aromatic N) is 2. The minimum atomic E-state index is 0.0983. The van der Waals surface area contributed by atoms with Crippen molar-refractivity contribution in [2.75, 3.05) is 51.6 Å². The first-order valence-corrected chi connectivity index (χ1v) is 11.5. The average Bonchev–Trinajstić information content (AvgIpc) is 3.14. The Hall–Kier alpha value is -2.02. The highest BCUT2D eigenvalue weighted by molar-refractivity contribution is 8.00.